The minimum Gasteiger partial charge on any atom is -0.494 e. The highest BCUT2D eigenvalue weighted by atomic mass is 16.5. The normalized spacial score (nSPS) is 19.3. The average molecular weight is 455 g/mol. The number of benzene rings is 3. The third kappa shape index (κ3) is 3.55. The van der Waals surface area contributed by atoms with Crippen molar-refractivity contribution < 1.29 is 19.1 Å². The molecule has 172 valence electrons. The van der Waals surface area contributed by atoms with E-state index in [9.17, 15) is 14.4 Å². The van der Waals surface area contributed by atoms with Crippen molar-refractivity contribution in [3.63, 3.8) is 0 Å². The number of rotatable bonds is 7. The van der Waals surface area contributed by atoms with Crippen molar-refractivity contribution in [2.45, 2.75) is 38.8 Å². The molecular weight excluding hydrogens is 428 g/mol. The molecule has 0 unspecified atom stereocenters. The summed E-state index contributed by atoms with van der Waals surface area (Å²) < 4.78 is 5.78. The summed E-state index contributed by atoms with van der Waals surface area (Å²) in [5.74, 6) is -0.368. The summed E-state index contributed by atoms with van der Waals surface area (Å²) in [7, 11) is 0. The fourth-order valence-corrected chi connectivity index (χ4v) is 4.61. The van der Waals surface area contributed by atoms with Crippen LogP contribution in [0.3, 0.4) is 0 Å². The second-order valence-corrected chi connectivity index (χ2v) is 8.73. The summed E-state index contributed by atoms with van der Waals surface area (Å²) in [6.45, 7) is 4.74. The summed E-state index contributed by atoms with van der Waals surface area (Å²) in [6, 6.07) is 20.6. The lowest BCUT2D eigenvalue weighted by Gasteiger charge is -2.49. The van der Waals surface area contributed by atoms with Gasteiger partial charge in [0.2, 0.25) is 0 Å². The molecule has 2 atom stereocenters. The zero-order chi connectivity index (χ0) is 23.8. The van der Waals surface area contributed by atoms with Crippen molar-refractivity contribution in [2.75, 3.05) is 11.5 Å². The Hall–Kier alpha value is -3.93. The molecule has 1 saturated heterocycles. The summed E-state index contributed by atoms with van der Waals surface area (Å²) in [5, 5.41) is 0. The molecule has 5 rings (SSSR count). The molecule has 1 fully saturated rings. The van der Waals surface area contributed by atoms with Crippen molar-refractivity contribution in [1.29, 1.82) is 0 Å². The molecule has 3 amide bonds. The third-order valence-electron chi connectivity index (χ3n) is 6.47. The lowest BCUT2D eigenvalue weighted by atomic mass is 9.86. The SMILES string of the molecule is CCCCOc1ccc([C@@H]2[C@H](N3C(=O)c4ccccc4C3=O)C(=O)N2c2ccc(C)cc2)cc1. The number of hydrogen-bond acceptors (Lipinski definition) is 4. The average Bonchev–Trinajstić information content (AvgIpc) is 3.10. The monoisotopic (exact) mass is 454 g/mol. The second kappa shape index (κ2) is 8.78. The number of carbonyl (C=O) groups excluding carboxylic acids is 3. The zero-order valence-corrected chi connectivity index (χ0v) is 19.2. The minimum absolute atomic E-state index is 0.272. The summed E-state index contributed by atoms with van der Waals surface area (Å²) >= 11 is 0. The topological polar surface area (TPSA) is 66.9 Å². The van der Waals surface area contributed by atoms with E-state index in [4.69, 9.17) is 4.74 Å². The minimum atomic E-state index is -0.902. The molecule has 0 aliphatic carbocycles. The van der Waals surface area contributed by atoms with Crippen molar-refractivity contribution >= 4 is 23.4 Å². The van der Waals surface area contributed by atoms with Crippen molar-refractivity contribution in [3.8, 4) is 5.75 Å². The van der Waals surface area contributed by atoms with Crippen LogP contribution in [0.5, 0.6) is 5.75 Å². The van der Waals surface area contributed by atoms with Crippen molar-refractivity contribution in [2.24, 2.45) is 0 Å². The van der Waals surface area contributed by atoms with Gasteiger partial charge in [-0.2, -0.15) is 0 Å². The maximum Gasteiger partial charge on any atom is 0.262 e. The van der Waals surface area contributed by atoms with Crippen LogP contribution in [0.25, 0.3) is 0 Å². The number of nitrogens with zero attached hydrogens (tertiary/aromatic N) is 2. The van der Waals surface area contributed by atoms with Gasteiger partial charge in [-0.25, -0.2) is 0 Å². The number of β-lactam (4-membered cyclic amide) rings is 1. The van der Waals surface area contributed by atoms with E-state index in [1.54, 1.807) is 29.2 Å². The van der Waals surface area contributed by atoms with E-state index in [0.717, 1.165) is 40.3 Å². The Morgan fingerprint density at radius 2 is 1.38 bits per heavy atom. The predicted molar refractivity (Wildman–Crippen MR) is 129 cm³/mol. The molecule has 2 heterocycles. The molecule has 3 aromatic rings. The Morgan fingerprint density at radius 3 is 1.97 bits per heavy atom. The summed E-state index contributed by atoms with van der Waals surface area (Å²) in [6.07, 6.45) is 2.03. The maximum absolute atomic E-state index is 13.5. The molecule has 2 aliphatic heterocycles. The van der Waals surface area contributed by atoms with E-state index in [2.05, 4.69) is 6.92 Å². The van der Waals surface area contributed by atoms with Crippen LogP contribution in [0, 0.1) is 6.92 Å². The zero-order valence-electron chi connectivity index (χ0n) is 19.2. The van der Waals surface area contributed by atoms with Gasteiger partial charge in [0.05, 0.1) is 23.8 Å². The number of imide groups is 1. The number of hydrogen-bond donors (Lipinski definition) is 0. The van der Waals surface area contributed by atoms with Gasteiger partial charge < -0.3 is 9.64 Å². The molecule has 2 aliphatic rings. The first kappa shape index (κ1) is 21.9. The highest BCUT2D eigenvalue weighted by Crippen LogP contribution is 2.44. The van der Waals surface area contributed by atoms with Gasteiger partial charge in [0.15, 0.2) is 0 Å². The first-order valence-corrected chi connectivity index (χ1v) is 11.6. The number of unbranched alkanes of at least 4 members (excludes halogenated alkanes) is 1. The molecule has 34 heavy (non-hydrogen) atoms. The number of fused-ring (bicyclic) bond motifs is 1. The largest absolute Gasteiger partial charge is 0.494 e. The van der Waals surface area contributed by atoms with Gasteiger partial charge in [-0.3, -0.25) is 19.3 Å². The van der Waals surface area contributed by atoms with Crippen LogP contribution in [0.15, 0.2) is 72.8 Å². The molecule has 0 aromatic heterocycles. The van der Waals surface area contributed by atoms with Crippen LogP contribution in [-0.2, 0) is 4.79 Å². The molecule has 0 spiro atoms. The van der Waals surface area contributed by atoms with Gasteiger partial charge in [0, 0.05) is 5.69 Å². The molecule has 0 bridgehead atoms. The number of carbonyl (C=O) groups is 3. The van der Waals surface area contributed by atoms with E-state index < -0.39 is 23.9 Å². The Morgan fingerprint density at radius 1 is 0.765 bits per heavy atom. The standard InChI is InChI=1S/C28H26N2O4/c1-3-4-17-34-21-15-11-19(12-16-21)24-25(28(33)29(24)20-13-9-18(2)10-14-20)30-26(31)22-7-5-6-8-23(22)27(30)32/h5-16,24-25H,3-4,17H2,1-2H3/t24-,25+/m1/s1. The fraction of sp³-hybridized carbons (Fsp3) is 0.250. The fourth-order valence-electron chi connectivity index (χ4n) is 4.61. The maximum atomic E-state index is 13.5. The van der Waals surface area contributed by atoms with Gasteiger partial charge in [-0.15, -0.1) is 0 Å². The van der Waals surface area contributed by atoms with E-state index in [1.807, 2.05) is 55.5 Å². The predicted octanol–water partition coefficient (Wildman–Crippen LogP) is 4.93. The van der Waals surface area contributed by atoms with Gasteiger partial charge in [0.1, 0.15) is 11.8 Å². The first-order valence-electron chi connectivity index (χ1n) is 11.6. The Labute approximate surface area is 198 Å². The third-order valence-corrected chi connectivity index (χ3v) is 6.47. The summed E-state index contributed by atoms with van der Waals surface area (Å²) in [5.41, 5.74) is 3.33. The van der Waals surface area contributed by atoms with Crippen LogP contribution in [0.1, 0.15) is 57.7 Å². The number of aryl methyl sites for hydroxylation is 1. The molecule has 6 nitrogen and oxygen atoms in total. The van der Waals surface area contributed by atoms with Crippen molar-refractivity contribution in [1.82, 2.24) is 4.90 Å². The van der Waals surface area contributed by atoms with Gasteiger partial charge in [0.25, 0.3) is 17.7 Å². The van der Waals surface area contributed by atoms with Gasteiger partial charge >= 0.3 is 0 Å². The quantitative estimate of drug-likeness (QED) is 0.289. The number of anilines is 1. The van der Waals surface area contributed by atoms with Crippen LogP contribution < -0.4 is 9.64 Å². The summed E-state index contributed by atoms with van der Waals surface area (Å²) in [4.78, 5) is 42.6. The van der Waals surface area contributed by atoms with E-state index in [1.165, 1.54) is 0 Å². The van der Waals surface area contributed by atoms with Gasteiger partial charge in [-0.05, 0) is 55.3 Å². The number of ether oxygens (including phenoxy) is 1. The van der Waals surface area contributed by atoms with E-state index in [-0.39, 0.29) is 5.91 Å². The first-order chi connectivity index (χ1) is 16.5. The smallest absolute Gasteiger partial charge is 0.262 e. The lowest BCUT2D eigenvalue weighted by molar-refractivity contribution is -0.130. The Kier molecular flexibility index (Phi) is 5.65. The molecule has 6 heteroatoms. The Balaban J connectivity index is 1.50. The van der Waals surface area contributed by atoms with E-state index in [0.29, 0.717) is 17.7 Å². The van der Waals surface area contributed by atoms with Crippen LogP contribution in [0.4, 0.5) is 5.69 Å². The molecule has 0 radical (unpaired) electrons. The lowest BCUT2D eigenvalue weighted by Crippen LogP contribution is -2.67. The Bertz CT molecular complexity index is 1220. The van der Waals surface area contributed by atoms with Gasteiger partial charge in [-0.1, -0.05) is 55.3 Å². The number of amides is 3. The highest BCUT2D eigenvalue weighted by Gasteiger charge is 2.57. The molecule has 0 N–H and O–H groups in total. The van der Waals surface area contributed by atoms with Crippen LogP contribution in [0.2, 0.25) is 0 Å². The highest BCUT2D eigenvalue weighted by molar-refractivity contribution is 6.24. The second-order valence-electron chi connectivity index (χ2n) is 8.73. The van der Waals surface area contributed by atoms with Crippen LogP contribution >= 0.6 is 0 Å². The van der Waals surface area contributed by atoms with Crippen LogP contribution in [-0.4, -0.2) is 35.3 Å². The molecule has 0 saturated carbocycles. The molecular formula is C28H26N2O4. The molecule has 3 aromatic carbocycles. The van der Waals surface area contributed by atoms with Crippen molar-refractivity contribution in [3.05, 3.63) is 95.1 Å². The van der Waals surface area contributed by atoms with E-state index >= 15 is 0 Å².